The van der Waals surface area contributed by atoms with Crippen LogP contribution >= 0.6 is 0 Å². The van der Waals surface area contributed by atoms with E-state index >= 15 is 0 Å². The molecular weight excluding hydrogens is 264 g/mol. The smallest absolute Gasteiger partial charge is 0.253 e. The van der Waals surface area contributed by atoms with Gasteiger partial charge >= 0.3 is 0 Å². The number of aromatic nitrogens is 2. The zero-order chi connectivity index (χ0) is 14.4. The van der Waals surface area contributed by atoms with Crippen LogP contribution in [0.2, 0.25) is 0 Å². The molecule has 3 heterocycles. The highest BCUT2D eigenvalue weighted by molar-refractivity contribution is 5.98. The minimum absolute atomic E-state index is 0.155. The van der Waals surface area contributed by atoms with Crippen molar-refractivity contribution in [2.75, 3.05) is 33.2 Å². The van der Waals surface area contributed by atoms with Crippen molar-refractivity contribution in [2.45, 2.75) is 12.8 Å². The lowest BCUT2D eigenvalue weighted by Gasteiger charge is -2.53. The maximum Gasteiger partial charge on any atom is 0.253 e. The fraction of sp³-hybridized carbons (Fsp3) is 0.500. The molecule has 1 N–H and O–H groups in total. The molecule has 2 fully saturated rings. The van der Waals surface area contributed by atoms with Gasteiger partial charge in [-0.05, 0) is 51.2 Å². The molecule has 0 bridgehead atoms. The molecule has 2 saturated heterocycles. The van der Waals surface area contributed by atoms with Gasteiger partial charge in [-0.1, -0.05) is 0 Å². The number of hydrogen-bond donors (Lipinski definition) is 1. The predicted molar refractivity (Wildman–Crippen MR) is 81.2 cm³/mol. The average Bonchev–Trinajstić information content (AvgIpc) is 2.92. The molecule has 1 amide bonds. The Morgan fingerprint density at radius 1 is 1.29 bits per heavy atom. The van der Waals surface area contributed by atoms with Crippen molar-refractivity contribution in [3.8, 4) is 0 Å². The number of hydrogen-bond acceptors (Lipinski definition) is 3. The Hall–Kier alpha value is -1.88. The third-order valence-corrected chi connectivity index (χ3v) is 5.07. The summed E-state index contributed by atoms with van der Waals surface area (Å²) >= 11 is 0. The summed E-state index contributed by atoms with van der Waals surface area (Å²) in [5.74, 6) is 0.155. The van der Waals surface area contributed by atoms with Gasteiger partial charge in [0.25, 0.3) is 5.91 Å². The number of piperidine rings is 1. The molecule has 0 unspecified atom stereocenters. The number of benzene rings is 1. The van der Waals surface area contributed by atoms with Gasteiger partial charge in [0, 0.05) is 29.5 Å². The number of nitrogens with zero attached hydrogens (tertiary/aromatic N) is 3. The molecule has 110 valence electrons. The quantitative estimate of drug-likeness (QED) is 0.867. The van der Waals surface area contributed by atoms with Crippen molar-refractivity contribution in [3.05, 3.63) is 30.0 Å². The largest absolute Gasteiger partial charge is 0.337 e. The van der Waals surface area contributed by atoms with E-state index in [9.17, 15) is 4.79 Å². The number of amides is 1. The third kappa shape index (κ3) is 2.12. The molecule has 5 heteroatoms. The predicted octanol–water partition coefficient (Wildman–Crippen LogP) is 1.73. The summed E-state index contributed by atoms with van der Waals surface area (Å²) in [4.78, 5) is 16.9. The molecule has 0 radical (unpaired) electrons. The van der Waals surface area contributed by atoms with E-state index in [1.165, 1.54) is 12.8 Å². The van der Waals surface area contributed by atoms with E-state index < -0.39 is 0 Å². The highest BCUT2D eigenvalue weighted by Gasteiger charge is 2.46. The van der Waals surface area contributed by atoms with Crippen LogP contribution in [-0.4, -0.2) is 59.1 Å². The Kier molecular flexibility index (Phi) is 2.79. The summed E-state index contributed by atoms with van der Waals surface area (Å²) < 4.78 is 0. The van der Waals surface area contributed by atoms with Crippen LogP contribution in [0.15, 0.2) is 24.4 Å². The summed E-state index contributed by atoms with van der Waals surface area (Å²) in [6.45, 7) is 4.15. The van der Waals surface area contributed by atoms with Crippen molar-refractivity contribution in [3.63, 3.8) is 0 Å². The highest BCUT2D eigenvalue weighted by Crippen LogP contribution is 2.40. The van der Waals surface area contributed by atoms with E-state index in [0.29, 0.717) is 5.41 Å². The maximum atomic E-state index is 12.6. The molecule has 0 atom stereocenters. The number of H-pyrrole nitrogens is 1. The Morgan fingerprint density at radius 2 is 2.05 bits per heavy atom. The van der Waals surface area contributed by atoms with Gasteiger partial charge in [-0.15, -0.1) is 0 Å². The third-order valence-electron chi connectivity index (χ3n) is 5.07. The van der Waals surface area contributed by atoms with E-state index in [4.69, 9.17) is 0 Å². The highest BCUT2D eigenvalue weighted by atomic mass is 16.2. The van der Waals surface area contributed by atoms with E-state index in [2.05, 4.69) is 22.1 Å². The number of likely N-dealkylation sites (tertiary alicyclic amines) is 2. The summed E-state index contributed by atoms with van der Waals surface area (Å²) in [5, 5.41) is 7.91. The first kappa shape index (κ1) is 12.8. The van der Waals surface area contributed by atoms with Crippen molar-refractivity contribution in [2.24, 2.45) is 5.41 Å². The second-order valence-corrected chi connectivity index (χ2v) is 6.64. The summed E-state index contributed by atoms with van der Waals surface area (Å²) in [6, 6.07) is 5.75. The van der Waals surface area contributed by atoms with Gasteiger partial charge in [0.2, 0.25) is 0 Å². The van der Waals surface area contributed by atoms with Crippen LogP contribution in [0, 0.1) is 5.41 Å². The number of nitrogens with one attached hydrogen (secondary N) is 1. The summed E-state index contributed by atoms with van der Waals surface area (Å²) in [6.07, 6.45) is 4.20. The number of carbonyl (C=O) groups excluding carboxylic acids is 1. The molecule has 2 aliphatic rings. The van der Waals surface area contributed by atoms with Crippen LogP contribution in [0.1, 0.15) is 23.2 Å². The zero-order valence-corrected chi connectivity index (χ0v) is 12.3. The van der Waals surface area contributed by atoms with Gasteiger partial charge in [-0.3, -0.25) is 9.89 Å². The number of rotatable bonds is 1. The standard InChI is InChI=1S/C16H20N4O/c1-19-6-4-16(5-7-19)10-20(11-16)15(21)12-2-3-14-13(8-12)9-17-18-14/h2-3,8-9H,4-7,10-11H2,1H3,(H,17,18). The first-order valence-corrected chi connectivity index (χ1v) is 7.56. The Labute approximate surface area is 123 Å². The molecule has 5 nitrogen and oxygen atoms in total. The lowest BCUT2D eigenvalue weighted by atomic mass is 9.72. The minimum atomic E-state index is 0.155. The molecule has 0 saturated carbocycles. The fourth-order valence-corrected chi connectivity index (χ4v) is 3.57. The molecule has 1 aromatic carbocycles. The summed E-state index contributed by atoms with van der Waals surface area (Å²) in [7, 11) is 2.18. The van der Waals surface area contributed by atoms with Gasteiger partial charge < -0.3 is 9.80 Å². The van der Waals surface area contributed by atoms with Gasteiger partial charge in [0.05, 0.1) is 11.7 Å². The van der Waals surface area contributed by atoms with Gasteiger partial charge in [-0.2, -0.15) is 5.10 Å². The SMILES string of the molecule is CN1CCC2(CC1)CN(C(=O)c1ccc3[nH]ncc3c1)C2. The Bertz CT molecular complexity index is 676. The van der Waals surface area contributed by atoms with Crippen molar-refractivity contribution in [1.82, 2.24) is 20.0 Å². The van der Waals surface area contributed by atoms with Gasteiger partial charge in [0.1, 0.15) is 0 Å². The molecule has 2 aliphatic heterocycles. The second kappa shape index (κ2) is 4.56. The molecular formula is C16H20N4O. The summed E-state index contributed by atoms with van der Waals surface area (Å²) in [5.41, 5.74) is 2.13. The Balaban J connectivity index is 1.47. The normalized spacial score (nSPS) is 21.7. The zero-order valence-electron chi connectivity index (χ0n) is 12.3. The fourth-order valence-electron chi connectivity index (χ4n) is 3.57. The number of aromatic amines is 1. The van der Waals surface area contributed by atoms with E-state index in [-0.39, 0.29) is 5.91 Å². The van der Waals surface area contributed by atoms with Crippen LogP contribution in [0.25, 0.3) is 10.9 Å². The molecule has 4 rings (SSSR count). The van der Waals surface area contributed by atoms with Gasteiger partial charge in [-0.25, -0.2) is 0 Å². The molecule has 0 aliphatic carbocycles. The van der Waals surface area contributed by atoms with E-state index in [0.717, 1.165) is 42.6 Å². The van der Waals surface area contributed by atoms with E-state index in [1.54, 1.807) is 6.20 Å². The second-order valence-electron chi connectivity index (χ2n) is 6.64. The number of fused-ring (bicyclic) bond motifs is 1. The van der Waals surface area contributed by atoms with Crippen molar-refractivity contribution in [1.29, 1.82) is 0 Å². The topological polar surface area (TPSA) is 52.2 Å². The average molecular weight is 284 g/mol. The van der Waals surface area contributed by atoms with Crippen LogP contribution in [0.4, 0.5) is 0 Å². The van der Waals surface area contributed by atoms with Crippen LogP contribution in [0.3, 0.4) is 0 Å². The van der Waals surface area contributed by atoms with Crippen LogP contribution in [-0.2, 0) is 0 Å². The van der Waals surface area contributed by atoms with Gasteiger partial charge in [0.15, 0.2) is 0 Å². The molecule has 1 aromatic heterocycles. The van der Waals surface area contributed by atoms with Crippen molar-refractivity contribution < 1.29 is 4.79 Å². The minimum Gasteiger partial charge on any atom is -0.337 e. The molecule has 1 spiro atoms. The van der Waals surface area contributed by atoms with Crippen LogP contribution in [0.5, 0.6) is 0 Å². The molecule has 2 aromatic rings. The lowest BCUT2D eigenvalue weighted by Crippen LogP contribution is -2.61. The Morgan fingerprint density at radius 3 is 2.81 bits per heavy atom. The van der Waals surface area contributed by atoms with Crippen molar-refractivity contribution >= 4 is 16.8 Å². The van der Waals surface area contributed by atoms with Crippen LogP contribution < -0.4 is 0 Å². The van der Waals surface area contributed by atoms with E-state index in [1.807, 2.05) is 23.1 Å². The molecule has 21 heavy (non-hydrogen) atoms. The monoisotopic (exact) mass is 284 g/mol. The first-order chi connectivity index (χ1) is 10.2. The lowest BCUT2D eigenvalue weighted by molar-refractivity contribution is -0.0283. The maximum absolute atomic E-state index is 12.6. The number of carbonyl (C=O) groups is 1. The first-order valence-electron chi connectivity index (χ1n) is 7.56.